The predicted molar refractivity (Wildman–Crippen MR) is 105 cm³/mol. The summed E-state index contributed by atoms with van der Waals surface area (Å²) in [5.41, 5.74) is 4.05. The second-order valence-corrected chi connectivity index (χ2v) is 6.34. The van der Waals surface area contributed by atoms with E-state index in [-0.39, 0.29) is 22.8 Å². The molecule has 0 bridgehead atoms. The van der Waals surface area contributed by atoms with E-state index in [4.69, 9.17) is 21.7 Å². The zero-order chi connectivity index (χ0) is 19.2. The molecule has 6 nitrogen and oxygen atoms in total. The Hall–Kier alpha value is -3.00. The monoisotopic (exact) mass is 387 g/mol. The first kappa shape index (κ1) is 18.8. The molecule has 0 radical (unpaired) electrons. The number of methoxy groups -OCH3 is 1. The Kier molecular flexibility index (Phi) is 5.97. The Bertz CT molecular complexity index is 867. The van der Waals surface area contributed by atoms with E-state index in [2.05, 4.69) is 15.8 Å². The second kappa shape index (κ2) is 8.59. The maximum atomic E-state index is 12.9. The Morgan fingerprint density at radius 1 is 1.22 bits per heavy atom. The van der Waals surface area contributed by atoms with Crippen LogP contribution in [0.15, 0.2) is 47.6 Å². The van der Waals surface area contributed by atoms with Crippen LogP contribution in [-0.4, -0.2) is 24.4 Å². The van der Waals surface area contributed by atoms with Crippen LogP contribution >= 0.6 is 12.2 Å². The van der Waals surface area contributed by atoms with E-state index >= 15 is 0 Å². The molecule has 0 spiro atoms. The topological polar surface area (TPSA) is 71.9 Å². The summed E-state index contributed by atoms with van der Waals surface area (Å²) >= 11 is 5.12. The number of benzene rings is 2. The largest absolute Gasteiger partial charge is 0.493 e. The summed E-state index contributed by atoms with van der Waals surface area (Å²) in [6.45, 7) is 0. The summed E-state index contributed by atoms with van der Waals surface area (Å²) in [6, 6.07) is 10.9. The molecule has 0 unspecified atom stereocenters. The standard InChI is InChI=1S/C19H18FN3O3S/c1-25-17-10-12(2-9-16(17)26-18(24)13-3-4-13)11-21-23-19(27)22-15-7-5-14(20)6-8-15/h2,5-11,13H,3-4H2,1H3,(H2,22,23,27)/b21-11-. The molecule has 0 aliphatic heterocycles. The van der Waals surface area contributed by atoms with Crippen molar-refractivity contribution in [3.63, 3.8) is 0 Å². The van der Waals surface area contributed by atoms with Crippen LogP contribution < -0.4 is 20.2 Å². The third-order valence-electron chi connectivity index (χ3n) is 3.79. The number of thiocarbonyl (C=S) groups is 1. The van der Waals surface area contributed by atoms with E-state index in [1.807, 2.05) is 0 Å². The zero-order valence-corrected chi connectivity index (χ0v) is 15.4. The number of nitrogens with one attached hydrogen (secondary N) is 2. The number of anilines is 1. The first-order chi connectivity index (χ1) is 13.0. The average Bonchev–Trinajstić information content (AvgIpc) is 3.50. The van der Waals surface area contributed by atoms with E-state index in [1.54, 1.807) is 36.5 Å². The smallest absolute Gasteiger partial charge is 0.314 e. The molecule has 1 fully saturated rings. The van der Waals surface area contributed by atoms with Crippen LogP contribution in [0.1, 0.15) is 18.4 Å². The van der Waals surface area contributed by atoms with Crippen LogP contribution in [0.3, 0.4) is 0 Å². The molecule has 1 aliphatic carbocycles. The van der Waals surface area contributed by atoms with Crippen molar-refractivity contribution in [1.82, 2.24) is 5.43 Å². The van der Waals surface area contributed by atoms with Gasteiger partial charge in [0.1, 0.15) is 5.82 Å². The minimum Gasteiger partial charge on any atom is -0.493 e. The van der Waals surface area contributed by atoms with Crippen molar-refractivity contribution in [1.29, 1.82) is 0 Å². The van der Waals surface area contributed by atoms with Crippen molar-refractivity contribution < 1.29 is 18.7 Å². The van der Waals surface area contributed by atoms with E-state index in [0.717, 1.165) is 18.4 Å². The fourth-order valence-corrected chi connectivity index (χ4v) is 2.39. The van der Waals surface area contributed by atoms with E-state index in [0.29, 0.717) is 17.2 Å². The molecule has 0 amide bonds. The minimum absolute atomic E-state index is 0.00904. The normalized spacial score (nSPS) is 13.3. The van der Waals surface area contributed by atoms with Crippen molar-refractivity contribution in [2.24, 2.45) is 11.0 Å². The van der Waals surface area contributed by atoms with Crippen LogP contribution in [0, 0.1) is 11.7 Å². The molecule has 2 N–H and O–H groups in total. The third-order valence-corrected chi connectivity index (χ3v) is 3.98. The Labute approximate surface area is 161 Å². The van der Waals surface area contributed by atoms with Crippen molar-refractivity contribution in [3.8, 4) is 11.5 Å². The van der Waals surface area contributed by atoms with Gasteiger partial charge in [-0.1, -0.05) is 0 Å². The van der Waals surface area contributed by atoms with Gasteiger partial charge in [-0.05, 0) is 73.1 Å². The molecular weight excluding hydrogens is 369 g/mol. The van der Waals surface area contributed by atoms with Gasteiger partial charge in [0, 0.05) is 5.69 Å². The lowest BCUT2D eigenvalue weighted by molar-refractivity contribution is -0.135. The summed E-state index contributed by atoms with van der Waals surface area (Å²) in [5.74, 6) is 0.286. The van der Waals surface area contributed by atoms with Gasteiger partial charge in [-0.3, -0.25) is 10.2 Å². The van der Waals surface area contributed by atoms with Crippen LogP contribution in [0.25, 0.3) is 0 Å². The summed E-state index contributed by atoms with van der Waals surface area (Å²) in [5, 5.41) is 7.19. The highest BCUT2D eigenvalue weighted by molar-refractivity contribution is 7.80. The first-order valence-electron chi connectivity index (χ1n) is 8.30. The van der Waals surface area contributed by atoms with Crippen LogP contribution in [-0.2, 0) is 4.79 Å². The molecule has 1 saturated carbocycles. The molecule has 27 heavy (non-hydrogen) atoms. The lowest BCUT2D eigenvalue weighted by Gasteiger charge is -2.09. The molecule has 2 aromatic carbocycles. The number of carbonyl (C=O) groups is 1. The van der Waals surface area contributed by atoms with Gasteiger partial charge in [0.15, 0.2) is 16.6 Å². The lowest BCUT2D eigenvalue weighted by Crippen LogP contribution is -2.23. The molecule has 0 aromatic heterocycles. The molecule has 0 heterocycles. The summed E-state index contributed by atoms with van der Waals surface area (Å²) in [4.78, 5) is 11.8. The molecule has 3 rings (SSSR count). The average molecular weight is 387 g/mol. The summed E-state index contributed by atoms with van der Waals surface area (Å²) in [7, 11) is 1.50. The first-order valence-corrected chi connectivity index (χ1v) is 8.71. The number of rotatable bonds is 6. The maximum absolute atomic E-state index is 12.9. The van der Waals surface area contributed by atoms with E-state index in [1.165, 1.54) is 19.2 Å². The summed E-state index contributed by atoms with van der Waals surface area (Å²) < 4.78 is 23.5. The number of nitrogens with zero attached hydrogens (tertiary/aromatic N) is 1. The van der Waals surface area contributed by atoms with Gasteiger partial charge in [-0.15, -0.1) is 0 Å². The van der Waals surface area contributed by atoms with Crippen LogP contribution in [0.2, 0.25) is 0 Å². The highest BCUT2D eigenvalue weighted by atomic mass is 32.1. The predicted octanol–water partition coefficient (Wildman–Crippen LogP) is 3.47. The van der Waals surface area contributed by atoms with Crippen LogP contribution in [0.4, 0.5) is 10.1 Å². The van der Waals surface area contributed by atoms with Crippen molar-refractivity contribution in [3.05, 3.63) is 53.8 Å². The molecule has 2 aromatic rings. The van der Waals surface area contributed by atoms with Gasteiger partial charge in [-0.25, -0.2) is 4.39 Å². The number of halogens is 1. The molecule has 8 heteroatoms. The SMILES string of the molecule is COc1cc(/C=N\NC(=S)Nc2ccc(F)cc2)ccc1OC(=O)C1CC1. The number of ether oxygens (including phenoxy) is 2. The fraction of sp³-hybridized carbons (Fsp3) is 0.211. The summed E-state index contributed by atoms with van der Waals surface area (Å²) in [6.07, 6.45) is 3.31. The van der Waals surface area contributed by atoms with Crippen LogP contribution in [0.5, 0.6) is 11.5 Å². The molecule has 0 atom stereocenters. The molecule has 140 valence electrons. The zero-order valence-electron chi connectivity index (χ0n) is 14.6. The number of hydrazone groups is 1. The van der Waals surface area contributed by atoms with Gasteiger partial charge in [-0.2, -0.15) is 5.10 Å². The number of carbonyl (C=O) groups excluding carboxylic acids is 1. The van der Waals surface area contributed by atoms with Gasteiger partial charge < -0.3 is 14.8 Å². The van der Waals surface area contributed by atoms with Gasteiger partial charge >= 0.3 is 5.97 Å². The maximum Gasteiger partial charge on any atom is 0.314 e. The quantitative estimate of drug-likeness (QED) is 0.260. The Morgan fingerprint density at radius 2 is 1.96 bits per heavy atom. The molecular formula is C19H18FN3O3S. The molecule has 1 aliphatic rings. The number of hydrogen-bond donors (Lipinski definition) is 2. The van der Waals surface area contributed by atoms with Crippen molar-refractivity contribution in [2.75, 3.05) is 12.4 Å². The van der Waals surface area contributed by atoms with Gasteiger partial charge in [0.2, 0.25) is 0 Å². The highest BCUT2D eigenvalue weighted by Crippen LogP contribution is 2.34. The Balaban J connectivity index is 1.56. The minimum atomic E-state index is -0.322. The highest BCUT2D eigenvalue weighted by Gasteiger charge is 2.32. The second-order valence-electron chi connectivity index (χ2n) is 5.94. The third kappa shape index (κ3) is 5.49. The Morgan fingerprint density at radius 3 is 2.63 bits per heavy atom. The number of esters is 1. The lowest BCUT2D eigenvalue weighted by atomic mass is 10.2. The van der Waals surface area contributed by atoms with E-state index in [9.17, 15) is 9.18 Å². The van der Waals surface area contributed by atoms with Crippen molar-refractivity contribution in [2.45, 2.75) is 12.8 Å². The number of hydrogen-bond acceptors (Lipinski definition) is 5. The van der Waals surface area contributed by atoms with Gasteiger partial charge in [0.05, 0.1) is 19.2 Å². The van der Waals surface area contributed by atoms with E-state index < -0.39 is 0 Å². The van der Waals surface area contributed by atoms with Crippen molar-refractivity contribution >= 4 is 35.2 Å². The fourth-order valence-electron chi connectivity index (χ4n) is 2.22. The van der Waals surface area contributed by atoms with Gasteiger partial charge in [0.25, 0.3) is 0 Å². The molecule has 0 saturated heterocycles.